The van der Waals surface area contributed by atoms with Crippen LogP contribution < -0.4 is 5.32 Å². The molecule has 2 aromatic rings. The lowest BCUT2D eigenvalue weighted by molar-refractivity contribution is -0.136. The van der Waals surface area contributed by atoms with Crippen molar-refractivity contribution < 1.29 is 18.7 Å². The maximum absolute atomic E-state index is 13.2. The second-order valence-electron chi connectivity index (χ2n) is 8.49. The predicted octanol–water partition coefficient (Wildman–Crippen LogP) is 4.72. The van der Waals surface area contributed by atoms with Crippen molar-refractivity contribution in [1.29, 1.82) is 0 Å². The smallest absolute Gasteiger partial charge is 0.336 e. The van der Waals surface area contributed by atoms with E-state index in [4.69, 9.17) is 9.15 Å². The van der Waals surface area contributed by atoms with Gasteiger partial charge in [-0.15, -0.1) is 0 Å². The number of furan rings is 1. The zero-order chi connectivity index (χ0) is 20.8. The largest absolute Gasteiger partial charge is 0.466 e. The lowest BCUT2D eigenvalue weighted by Gasteiger charge is -2.38. The number of benzene rings is 1. The lowest BCUT2D eigenvalue weighted by Crippen LogP contribution is -2.38. The van der Waals surface area contributed by atoms with Gasteiger partial charge < -0.3 is 14.5 Å². The minimum atomic E-state index is -0.570. The van der Waals surface area contributed by atoms with E-state index in [9.17, 15) is 9.59 Å². The molecule has 5 heteroatoms. The fraction of sp³-hybridized carbons (Fsp3) is 0.333. The van der Waals surface area contributed by atoms with Crippen molar-refractivity contribution in [3.05, 3.63) is 70.8 Å². The summed E-state index contributed by atoms with van der Waals surface area (Å²) in [7, 11) is 1.35. The van der Waals surface area contributed by atoms with E-state index in [1.54, 1.807) is 0 Å². The Morgan fingerprint density at radius 3 is 2.55 bits per heavy atom. The molecule has 1 N–H and O–H groups in total. The van der Waals surface area contributed by atoms with Crippen LogP contribution in [0.1, 0.15) is 45.3 Å². The molecule has 0 fully saturated rings. The Balaban J connectivity index is 1.85. The van der Waals surface area contributed by atoms with Crippen molar-refractivity contribution in [2.75, 3.05) is 7.11 Å². The highest BCUT2D eigenvalue weighted by atomic mass is 16.5. The Labute approximate surface area is 170 Å². The Hall–Kier alpha value is -3.08. The minimum Gasteiger partial charge on any atom is -0.466 e. The van der Waals surface area contributed by atoms with E-state index < -0.39 is 11.9 Å². The number of Topliss-reactive ketones (excluding diaryl/α,β-unsaturated/α-hetero) is 1. The molecule has 0 bridgehead atoms. The predicted molar refractivity (Wildman–Crippen MR) is 110 cm³/mol. The van der Waals surface area contributed by atoms with Gasteiger partial charge in [0, 0.05) is 29.0 Å². The molecule has 2 heterocycles. The molecule has 29 heavy (non-hydrogen) atoms. The van der Waals surface area contributed by atoms with Crippen molar-refractivity contribution in [3.8, 4) is 11.3 Å². The molecule has 1 aromatic heterocycles. The van der Waals surface area contributed by atoms with Gasteiger partial charge in [0.05, 0.1) is 18.6 Å². The van der Waals surface area contributed by atoms with Crippen LogP contribution in [-0.2, 0) is 14.3 Å². The van der Waals surface area contributed by atoms with Gasteiger partial charge in [0.15, 0.2) is 5.78 Å². The number of allylic oxidation sites excluding steroid dienone is 3. The number of hydrogen-bond acceptors (Lipinski definition) is 5. The number of methoxy groups -OCH3 is 1. The number of esters is 1. The highest BCUT2D eigenvalue weighted by molar-refractivity contribution is 6.04. The van der Waals surface area contributed by atoms with Gasteiger partial charge in [0.25, 0.3) is 0 Å². The number of dihydropyridines is 1. The van der Waals surface area contributed by atoms with Gasteiger partial charge in [-0.2, -0.15) is 0 Å². The first kappa shape index (κ1) is 19.2. The number of hydrogen-bond donors (Lipinski definition) is 1. The van der Waals surface area contributed by atoms with Crippen molar-refractivity contribution in [3.63, 3.8) is 0 Å². The van der Waals surface area contributed by atoms with Gasteiger partial charge in [-0.3, -0.25) is 4.79 Å². The van der Waals surface area contributed by atoms with E-state index in [1.807, 2.05) is 49.4 Å². The van der Waals surface area contributed by atoms with Gasteiger partial charge in [-0.1, -0.05) is 44.2 Å². The van der Waals surface area contributed by atoms with Gasteiger partial charge in [-0.05, 0) is 30.9 Å². The number of ketones is 1. The number of rotatable bonds is 3. The molecule has 0 saturated heterocycles. The summed E-state index contributed by atoms with van der Waals surface area (Å²) in [6.45, 7) is 6.01. The maximum Gasteiger partial charge on any atom is 0.336 e. The Morgan fingerprint density at radius 2 is 1.86 bits per heavy atom. The summed E-state index contributed by atoms with van der Waals surface area (Å²) in [6, 6.07) is 13.5. The normalized spacial score (nSPS) is 21.0. The van der Waals surface area contributed by atoms with E-state index in [2.05, 4.69) is 19.2 Å². The third-order valence-electron chi connectivity index (χ3n) is 5.61. The van der Waals surface area contributed by atoms with Crippen LogP contribution in [0.3, 0.4) is 0 Å². The maximum atomic E-state index is 13.2. The van der Waals surface area contributed by atoms with Crippen LogP contribution >= 0.6 is 0 Å². The highest BCUT2D eigenvalue weighted by Crippen LogP contribution is 2.47. The average molecular weight is 391 g/mol. The fourth-order valence-corrected chi connectivity index (χ4v) is 4.37. The van der Waals surface area contributed by atoms with E-state index in [0.29, 0.717) is 34.8 Å². The molecule has 0 radical (unpaired) electrons. The fourth-order valence-electron chi connectivity index (χ4n) is 4.37. The molecule has 0 amide bonds. The van der Waals surface area contributed by atoms with Gasteiger partial charge in [0.1, 0.15) is 11.5 Å². The molecule has 1 unspecified atom stereocenters. The van der Waals surface area contributed by atoms with Crippen LogP contribution in [-0.4, -0.2) is 18.9 Å². The molecule has 1 aliphatic heterocycles. The van der Waals surface area contributed by atoms with Crippen LogP contribution in [0.25, 0.3) is 11.3 Å². The lowest BCUT2D eigenvalue weighted by atomic mass is 9.69. The molecule has 1 aromatic carbocycles. The van der Waals surface area contributed by atoms with Crippen molar-refractivity contribution >= 4 is 11.8 Å². The Kier molecular flexibility index (Phi) is 4.69. The summed E-state index contributed by atoms with van der Waals surface area (Å²) in [5.74, 6) is 0.291. The minimum absolute atomic E-state index is 0.0420. The number of carbonyl (C=O) groups is 2. The van der Waals surface area contributed by atoms with E-state index in [0.717, 1.165) is 17.7 Å². The molecule has 1 aliphatic carbocycles. The zero-order valence-electron chi connectivity index (χ0n) is 17.2. The Bertz CT molecular complexity index is 1040. The van der Waals surface area contributed by atoms with Crippen molar-refractivity contribution in [2.24, 2.45) is 5.41 Å². The first-order valence-corrected chi connectivity index (χ1v) is 9.78. The van der Waals surface area contributed by atoms with E-state index >= 15 is 0 Å². The van der Waals surface area contributed by atoms with E-state index in [-0.39, 0.29) is 11.2 Å². The van der Waals surface area contributed by atoms with Crippen LogP contribution in [0.5, 0.6) is 0 Å². The van der Waals surface area contributed by atoms with Gasteiger partial charge in [-0.25, -0.2) is 4.79 Å². The summed E-state index contributed by atoms with van der Waals surface area (Å²) < 4.78 is 11.2. The summed E-state index contributed by atoms with van der Waals surface area (Å²) in [5.41, 5.74) is 3.42. The highest BCUT2D eigenvalue weighted by Gasteiger charge is 2.44. The summed E-state index contributed by atoms with van der Waals surface area (Å²) in [5, 5.41) is 3.30. The number of nitrogens with one attached hydrogen (secondary N) is 1. The quantitative estimate of drug-likeness (QED) is 0.767. The molecule has 1 atom stereocenters. The third kappa shape index (κ3) is 3.41. The molecule has 150 valence electrons. The topological polar surface area (TPSA) is 68.5 Å². The van der Waals surface area contributed by atoms with Gasteiger partial charge in [0.2, 0.25) is 0 Å². The molecule has 5 nitrogen and oxygen atoms in total. The molecule has 2 aliphatic rings. The van der Waals surface area contributed by atoms with Crippen LogP contribution in [0.4, 0.5) is 0 Å². The summed E-state index contributed by atoms with van der Waals surface area (Å²) in [4.78, 5) is 25.8. The van der Waals surface area contributed by atoms with Crippen LogP contribution in [0, 0.1) is 5.41 Å². The standard InChI is InChI=1S/C24H25NO4/c1-14-20(23(27)28-4)22(21-16(25-14)12-24(2,3)13-17(21)26)19-11-10-18(29-19)15-8-6-5-7-9-15/h5-11,22,25H,12-13H2,1-4H3. The molecule has 4 rings (SSSR count). The summed E-state index contributed by atoms with van der Waals surface area (Å²) in [6.07, 6.45) is 1.17. The zero-order valence-corrected chi connectivity index (χ0v) is 17.2. The molecular formula is C24H25NO4. The second-order valence-corrected chi connectivity index (χ2v) is 8.49. The molecule has 0 spiro atoms. The number of carbonyl (C=O) groups excluding carboxylic acids is 2. The SMILES string of the molecule is COC(=O)C1=C(C)NC2=C(C(=O)CC(C)(C)C2)C1c1ccc(-c2ccccc2)o1. The van der Waals surface area contributed by atoms with Crippen molar-refractivity contribution in [1.82, 2.24) is 5.32 Å². The van der Waals surface area contributed by atoms with Crippen LogP contribution in [0.2, 0.25) is 0 Å². The van der Waals surface area contributed by atoms with Crippen molar-refractivity contribution in [2.45, 2.75) is 39.5 Å². The Morgan fingerprint density at radius 1 is 1.14 bits per heavy atom. The first-order chi connectivity index (χ1) is 13.8. The average Bonchev–Trinajstić information content (AvgIpc) is 3.16. The first-order valence-electron chi connectivity index (χ1n) is 9.78. The molecular weight excluding hydrogens is 366 g/mol. The van der Waals surface area contributed by atoms with E-state index in [1.165, 1.54) is 7.11 Å². The monoisotopic (exact) mass is 391 g/mol. The number of ether oxygens (including phenoxy) is 1. The van der Waals surface area contributed by atoms with Gasteiger partial charge >= 0.3 is 5.97 Å². The second kappa shape index (κ2) is 7.07. The third-order valence-corrected chi connectivity index (χ3v) is 5.61. The molecule has 0 saturated carbocycles. The van der Waals surface area contributed by atoms with Crippen LogP contribution in [0.15, 0.2) is 69.4 Å². The summed E-state index contributed by atoms with van der Waals surface area (Å²) >= 11 is 0.